The fourth-order valence-electron chi connectivity index (χ4n) is 3.05. The lowest BCUT2D eigenvalue weighted by Gasteiger charge is -2.30. The summed E-state index contributed by atoms with van der Waals surface area (Å²) < 4.78 is 13.9. The maximum Gasteiger partial charge on any atom is 0.191 e. The van der Waals surface area contributed by atoms with Crippen LogP contribution in [-0.2, 0) is 6.54 Å². The van der Waals surface area contributed by atoms with Gasteiger partial charge >= 0.3 is 0 Å². The van der Waals surface area contributed by atoms with Gasteiger partial charge in [-0.3, -0.25) is 0 Å². The molecule has 6 heteroatoms. The van der Waals surface area contributed by atoms with Gasteiger partial charge in [0.2, 0.25) is 0 Å². The van der Waals surface area contributed by atoms with E-state index in [1.54, 1.807) is 12.1 Å². The predicted molar refractivity (Wildman–Crippen MR) is 103 cm³/mol. The van der Waals surface area contributed by atoms with Crippen molar-refractivity contribution in [1.82, 2.24) is 15.5 Å². The van der Waals surface area contributed by atoms with E-state index >= 15 is 0 Å². The first-order chi connectivity index (χ1) is 12.6. The van der Waals surface area contributed by atoms with E-state index in [2.05, 4.69) is 27.4 Å². The molecule has 0 atom stereocenters. The minimum Gasteiger partial charge on any atom is -0.357 e. The molecule has 1 aliphatic heterocycles. The van der Waals surface area contributed by atoms with Gasteiger partial charge in [-0.25, -0.2) is 9.38 Å². The second kappa shape index (κ2) is 10.8. The number of nitrogens with zero attached hydrogens (tertiary/aromatic N) is 3. The summed E-state index contributed by atoms with van der Waals surface area (Å²) in [6.07, 6.45) is 3.66. The van der Waals surface area contributed by atoms with Crippen molar-refractivity contribution in [2.75, 3.05) is 32.7 Å². The van der Waals surface area contributed by atoms with Crippen molar-refractivity contribution < 1.29 is 4.39 Å². The molecule has 1 aromatic carbocycles. The second-order valence-electron chi connectivity index (χ2n) is 6.92. The predicted octanol–water partition coefficient (Wildman–Crippen LogP) is 2.87. The SMILES string of the molecule is CCNC(=NCc1ccc(C#N)cc1F)NCCCN1CCC(C)CC1. The van der Waals surface area contributed by atoms with Crippen LogP contribution in [0, 0.1) is 23.1 Å². The maximum atomic E-state index is 13.9. The number of guanidine groups is 1. The van der Waals surface area contributed by atoms with Gasteiger partial charge in [0.15, 0.2) is 5.96 Å². The first-order valence-electron chi connectivity index (χ1n) is 9.55. The molecule has 0 saturated carbocycles. The summed E-state index contributed by atoms with van der Waals surface area (Å²) in [5.41, 5.74) is 0.816. The largest absolute Gasteiger partial charge is 0.357 e. The zero-order chi connectivity index (χ0) is 18.8. The Morgan fingerprint density at radius 3 is 2.77 bits per heavy atom. The highest BCUT2D eigenvalue weighted by molar-refractivity contribution is 5.79. The van der Waals surface area contributed by atoms with Gasteiger partial charge in [0.25, 0.3) is 0 Å². The minimum absolute atomic E-state index is 0.247. The first-order valence-corrected chi connectivity index (χ1v) is 9.55. The van der Waals surface area contributed by atoms with Crippen molar-refractivity contribution in [3.8, 4) is 6.07 Å². The molecule has 2 N–H and O–H groups in total. The van der Waals surface area contributed by atoms with Crippen LogP contribution in [0.15, 0.2) is 23.2 Å². The molecule has 142 valence electrons. The smallest absolute Gasteiger partial charge is 0.191 e. The highest BCUT2D eigenvalue weighted by Crippen LogP contribution is 2.15. The maximum absolute atomic E-state index is 13.9. The van der Waals surface area contributed by atoms with Gasteiger partial charge in [0.05, 0.1) is 18.2 Å². The first kappa shape index (κ1) is 20.2. The van der Waals surface area contributed by atoms with Crippen molar-refractivity contribution in [3.63, 3.8) is 0 Å². The van der Waals surface area contributed by atoms with E-state index in [0.717, 1.165) is 32.0 Å². The molecule has 1 saturated heterocycles. The molecular formula is C20H30FN5. The lowest BCUT2D eigenvalue weighted by atomic mass is 9.99. The molecule has 5 nitrogen and oxygen atoms in total. The number of hydrogen-bond acceptors (Lipinski definition) is 3. The summed E-state index contributed by atoms with van der Waals surface area (Å²) in [6, 6.07) is 6.44. The number of benzene rings is 1. The van der Waals surface area contributed by atoms with E-state index in [0.29, 0.717) is 17.1 Å². The molecular weight excluding hydrogens is 329 g/mol. The van der Waals surface area contributed by atoms with E-state index in [1.165, 1.54) is 32.0 Å². The standard InChI is InChI=1S/C20H30FN5/c1-3-23-20(24-9-4-10-26-11-7-16(2)8-12-26)25-15-18-6-5-17(14-22)13-19(18)21/h5-6,13,16H,3-4,7-12,15H2,1-2H3,(H2,23,24,25). The van der Waals surface area contributed by atoms with Crippen LogP contribution in [0.5, 0.6) is 0 Å². The molecule has 0 unspecified atom stereocenters. The summed E-state index contributed by atoms with van der Waals surface area (Å²) in [7, 11) is 0. The molecule has 0 spiro atoms. The van der Waals surface area contributed by atoms with Crippen molar-refractivity contribution in [3.05, 3.63) is 35.1 Å². The number of aliphatic imine (C=N–C) groups is 1. The van der Waals surface area contributed by atoms with Crippen LogP contribution in [-0.4, -0.2) is 43.6 Å². The van der Waals surface area contributed by atoms with Gasteiger partial charge in [-0.1, -0.05) is 13.0 Å². The highest BCUT2D eigenvalue weighted by Gasteiger charge is 2.14. The van der Waals surface area contributed by atoms with E-state index in [4.69, 9.17) is 5.26 Å². The molecule has 1 heterocycles. The average molecular weight is 359 g/mol. The molecule has 0 amide bonds. The number of halogens is 1. The third kappa shape index (κ3) is 6.64. The van der Waals surface area contributed by atoms with Crippen LogP contribution >= 0.6 is 0 Å². The number of hydrogen-bond donors (Lipinski definition) is 2. The van der Waals surface area contributed by atoms with Crippen LogP contribution in [0.3, 0.4) is 0 Å². The Morgan fingerprint density at radius 2 is 2.12 bits per heavy atom. The minimum atomic E-state index is -0.386. The van der Waals surface area contributed by atoms with Crippen molar-refractivity contribution in [1.29, 1.82) is 5.26 Å². The van der Waals surface area contributed by atoms with Crippen LogP contribution in [0.4, 0.5) is 4.39 Å². The third-order valence-electron chi connectivity index (χ3n) is 4.75. The summed E-state index contributed by atoms with van der Waals surface area (Å²) in [6.45, 7) is 9.68. The van der Waals surface area contributed by atoms with Gasteiger partial charge in [0, 0.05) is 18.7 Å². The highest BCUT2D eigenvalue weighted by atomic mass is 19.1. The molecule has 0 aromatic heterocycles. The lowest BCUT2D eigenvalue weighted by molar-refractivity contribution is 0.191. The number of nitrogens with one attached hydrogen (secondary N) is 2. The van der Waals surface area contributed by atoms with E-state index < -0.39 is 0 Å². The number of nitriles is 1. The molecule has 2 rings (SSSR count). The average Bonchev–Trinajstić information content (AvgIpc) is 2.65. The Hall–Kier alpha value is -2.13. The van der Waals surface area contributed by atoms with Crippen LogP contribution in [0.25, 0.3) is 0 Å². The molecule has 0 bridgehead atoms. The lowest BCUT2D eigenvalue weighted by Crippen LogP contribution is -2.39. The van der Waals surface area contributed by atoms with E-state index in [9.17, 15) is 4.39 Å². The number of piperidine rings is 1. The monoisotopic (exact) mass is 359 g/mol. The summed E-state index contributed by atoms with van der Waals surface area (Å²) in [4.78, 5) is 6.98. The second-order valence-corrected chi connectivity index (χ2v) is 6.92. The Kier molecular flexibility index (Phi) is 8.36. The van der Waals surface area contributed by atoms with E-state index in [-0.39, 0.29) is 12.4 Å². The quantitative estimate of drug-likeness (QED) is 0.446. The number of rotatable bonds is 7. The van der Waals surface area contributed by atoms with Crippen molar-refractivity contribution in [2.45, 2.75) is 39.7 Å². The van der Waals surface area contributed by atoms with Gasteiger partial charge < -0.3 is 15.5 Å². The van der Waals surface area contributed by atoms with Crippen molar-refractivity contribution >= 4 is 5.96 Å². The Labute approximate surface area is 156 Å². The summed E-state index contributed by atoms with van der Waals surface area (Å²) >= 11 is 0. The van der Waals surface area contributed by atoms with Crippen LogP contribution in [0.2, 0.25) is 0 Å². The molecule has 1 fully saturated rings. The van der Waals surface area contributed by atoms with E-state index in [1.807, 2.05) is 13.0 Å². The zero-order valence-corrected chi connectivity index (χ0v) is 15.9. The van der Waals surface area contributed by atoms with Crippen LogP contribution in [0.1, 0.15) is 44.2 Å². The Bertz CT molecular complexity index is 630. The summed E-state index contributed by atoms with van der Waals surface area (Å²) in [5, 5.41) is 15.3. The zero-order valence-electron chi connectivity index (χ0n) is 15.9. The molecule has 26 heavy (non-hydrogen) atoms. The summed E-state index contributed by atoms with van der Waals surface area (Å²) in [5.74, 6) is 1.17. The molecule has 0 aliphatic carbocycles. The van der Waals surface area contributed by atoms with Gasteiger partial charge in [-0.2, -0.15) is 5.26 Å². The fourth-order valence-corrected chi connectivity index (χ4v) is 3.05. The fraction of sp³-hybridized carbons (Fsp3) is 0.600. The van der Waals surface area contributed by atoms with Crippen molar-refractivity contribution in [2.24, 2.45) is 10.9 Å². The van der Waals surface area contributed by atoms with Gasteiger partial charge in [0.1, 0.15) is 5.82 Å². The number of likely N-dealkylation sites (tertiary alicyclic amines) is 1. The third-order valence-corrected chi connectivity index (χ3v) is 4.75. The van der Waals surface area contributed by atoms with Gasteiger partial charge in [-0.05, 0) is 63.9 Å². The molecule has 1 aliphatic rings. The van der Waals surface area contributed by atoms with Gasteiger partial charge in [-0.15, -0.1) is 0 Å². The molecule has 1 aromatic rings. The normalized spacial score (nSPS) is 16.3. The topological polar surface area (TPSA) is 63.5 Å². The van der Waals surface area contributed by atoms with Crippen LogP contribution < -0.4 is 10.6 Å². The Balaban J connectivity index is 1.78. The Morgan fingerprint density at radius 1 is 1.35 bits per heavy atom. The molecule has 0 radical (unpaired) electrons.